The van der Waals surface area contributed by atoms with Crippen molar-refractivity contribution in [3.8, 4) is 0 Å². The highest BCUT2D eigenvalue weighted by Gasteiger charge is 2.22. The first-order valence-corrected chi connectivity index (χ1v) is 6.56. The molecule has 1 heterocycles. The number of rotatable bonds is 4. The minimum atomic E-state index is -0.567. The third-order valence-electron chi connectivity index (χ3n) is 2.87. The van der Waals surface area contributed by atoms with Crippen LogP contribution in [0.1, 0.15) is 16.8 Å². The van der Waals surface area contributed by atoms with Crippen molar-refractivity contribution in [1.29, 1.82) is 0 Å². The predicted molar refractivity (Wildman–Crippen MR) is 70.0 cm³/mol. The molecule has 0 N–H and O–H groups in total. The molecule has 0 amide bonds. The summed E-state index contributed by atoms with van der Waals surface area (Å²) >= 11 is 3.07. The molecule has 0 aliphatic carbocycles. The van der Waals surface area contributed by atoms with Gasteiger partial charge in [0, 0.05) is 18.6 Å². The molecule has 1 unspecified atom stereocenters. The van der Waals surface area contributed by atoms with Gasteiger partial charge in [0.1, 0.15) is 4.47 Å². The number of benzene rings is 1. The fourth-order valence-corrected chi connectivity index (χ4v) is 2.38. The topological polar surface area (TPSA) is 78.7 Å². The quantitative estimate of drug-likeness (QED) is 0.482. The summed E-state index contributed by atoms with van der Waals surface area (Å²) in [6, 6.07) is 4.27. The van der Waals surface area contributed by atoms with Gasteiger partial charge in [0.05, 0.1) is 23.7 Å². The molecule has 2 rings (SSSR count). The zero-order valence-corrected chi connectivity index (χ0v) is 11.6. The maximum atomic E-state index is 11.9. The van der Waals surface area contributed by atoms with Crippen LogP contribution in [-0.2, 0) is 9.47 Å². The highest BCUT2D eigenvalue weighted by Crippen LogP contribution is 2.28. The molecule has 102 valence electrons. The lowest BCUT2D eigenvalue weighted by atomic mass is 10.1. The first-order valence-electron chi connectivity index (χ1n) is 5.77. The summed E-state index contributed by atoms with van der Waals surface area (Å²) in [5, 5.41) is 10.8. The Kier molecular flexibility index (Phi) is 4.49. The molecule has 1 saturated heterocycles. The second kappa shape index (κ2) is 6.12. The number of hydrogen-bond acceptors (Lipinski definition) is 5. The van der Waals surface area contributed by atoms with E-state index in [4.69, 9.17) is 9.47 Å². The molecule has 0 aromatic heterocycles. The van der Waals surface area contributed by atoms with Gasteiger partial charge in [0.25, 0.3) is 5.69 Å². The van der Waals surface area contributed by atoms with Crippen molar-refractivity contribution < 1.29 is 19.2 Å². The van der Waals surface area contributed by atoms with E-state index in [1.165, 1.54) is 18.2 Å². The lowest BCUT2D eigenvalue weighted by Gasteiger charge is -2.09. The Bertz CT molecular complexity index is 499. The van der Waals surface area contributed by atoms with E-state index in [1.807, 2.05) is 0 Å². The number of esters is 1. The average Bonchev–Trinajstić information content (AvgIpc) is 2.89. The molecule has 1 fully saturated rings. The van der Waals surface area contributed by atoms with Crippen molar-refractivity contribution >= 4 is 27.6 Å². The Hall–Kier alpha value is -1.47. The Labute approximate surface area is 118 Å². The van der Waals surface area contributed by atoms with Crippen LogP contribution in [0.4, 0.5) is 5.69 Å². The molecule has 1 atom stereocenters. The largest absolute Gasteiger partial charge is 0.462 e. The van der Waals surface area contributed by atoms with Crippen LogP contribution in [0.2, 0.25) is 0 Å². The van der Waals surface area contributed by atoms with Gasteiger partial charge in [0.2, 0.25) is 0 Å². The molecular formula is C12H12BrNO5. The molecule has 0 bridgehead atoms. The van der Waals surface area contributed by atoms with E-state index < -0.39 is 10.9 Å². The third-order valence-corrected chi connectivity index (χ3v) is 3.70. The number of hydrogen-bond donors (Lipinski definition) is 0. The van der Waals surface area contributed by atoms with Crippen molar-refractivity contribution in [3.05, 3.63) is 38.3 Å². The second-order valence-corrected chi connectivity index (χ2v) is 5.02. The molecule has 7 heteroatoms. The highest BCUT2D eigenvalue weighted by molar-refractivity contribution is 9.10. The van der Waals surface area contributed by atoms with Crippen molar-refractivity contribution in [2.24, 2.45) is 5.92 Å². The number of halogens is 1. The van der Waals surface area contributed by atoms with E-state index in [0.29, 0.717) is 13.2 Å². The maximum absolute atomic E-state index is 11.9. The summed E-state index contributed by atoms with van der Waals surface area (Å²) in [6.07, 6.45) is 0.864. The zero-order valence-electron chi connectivity index (χ0n) is 10.0. The SMILES string of the molecule is O=C(OCC1CCOC1)c1cccc([N+](=O)[O-])c1Br. The highest BCUT2D eigenvalue weighted by atomic mass is 79.9. The smallest absolute Gasteiger partial charge is 0.339 e. The summed E-state index contributed by atoms with van der Waals surface area (Å²) in [5.41, 5.74) is 0.00626. The minimum absolute atomic E-state index is 0.146. The summed E-state index contributed by atoms with van der Waals surface area (Å²) in [7, 11) is 0. The van der Waals surface area contributed by atoms with E-state index in [-0.39, 0.29) is 28.2 Å². The zero-order chi connectivity index (χ0) is 13.8. The monoisotopic (exact) mass is 329 g/mol. The van der Waals surface area contributed by atoms with Crippen LogP contribution in [0.3, 0.4) is 0 Å². The molecule has 0 saturated carbocycles. The predicted octanol–water partition coefficient (Wildman–Crippen LogP) is 2.55. The molecule has 1 aromatic carbocycles. The fraction of sp³-hybridized carbons (Fsp3) is 0.417. The normalized spacial score (nSPS) is 18.3. The van der Waals surface area contributed by atoms with E-state index in [1.54, 1.807) is 0 Å². The first kappa shape index (κ1) is 14.0. The lowest BCUT2D eigenvalue weighted by Crippen LogP contribution is -2.15. The Morgan fingerprint density at radius 3 is 3.00 bits per heavy atom. The second-order valence-electron chi connectivity index (χ2n) is 4.22. The number of nitro groups is 1. The van der Waals surface area contributed by atoms with Gasteiger partial charge in [-0.3, -0.25) is 10.1 Å². The lowest BCUT2D eigenvalue weighted by molar-refractivity contribution is -0.385. The summed E-state index contributed by atoms with van der Waals surface area (Å²) in [5.74, 6) is -0.358. The van der Waals surface area contributed by atoms with Crippen LogP contribution in [0, 0.1) is 16.0 Å². The maximum Gasteiger partial charge on any atom is 0.339 e. The number of carbonyl (C=O) groups excluding carboxylic acids is 1. The van der Waals surface area contributed by atoms with Gasteiger partial charge in [-0.1, -0.05) is 6.07 Å². The van der Waals surface area contributed by atoms with E-state index >= 15 is 0 Å². The van der Waals surface area contributed by atoms with Gasteiger partial charge in [-0.05, 0) is 28.4 Å². The van der Waals surface area contributed by atoms with Crippen LogP contribution < -0.4 is 0 Å². The van der Waals surface area contributed by atoms with Crippen molar-refractivity contribution in [2.45, 2.75) is 6.42 Å². The number of carbonyl (C=O) groups is 1. The standard InChI is InChI=1S/C12H12BrNO5/c13-11-9(2-1-3-10(11)14(16)17)12(15)19-7-8-4-5-18-6-8/h1-3,8H,4-7H2. The summed E-state index contributed by atoms with van der Waals surface area (Å²) in [4.78, 5) is 22.1. The molecule has 1 aromatic rings. The van der Waals surface area contributed by atoms with Gasteiger partial charge in [-0.2, -0.15) is 0 Å². The van der Waals surface area contributed by atoms with Crippen molar-refractivity contribution in [1.82, 2.24) is 0 Å². The molecule has 1 aliphatic heterocycles. The van der Waals surface area contributed by atoms with Crippen LogP contribution in [0.15, 0.2) is 22.7 Å². The fourth-order valence-electron chi connectivity index (χ4n) is 1.80. The molecular weight excluding hydrogens is 318 g/mol. The Balaban J connectivity index is 2.06. The number of ether oxygens (including phenoxy) is 2. The van der Waals surface area contributed by atoms with Gasteiger partial charge >= 0.3 is 5.97 Å². The Morgan fingerprint density at radius 2 is 2.37 bits per heavy atom. The molecule has 19 heavy (non-hydrogen) atoms. The first-order chi connectivity index (χ1) is 9.09. The van der Waals surface area contributed by atoms with Gasteiger partial charge < -0.3 is 9.47 Å². The summed E-state index contributed by atoms with van der Waals surface area (Å²) < 4.78 is 10.5. The number of nitro benzene ring substituents is 1. The van der Waals surface area contributed by atoms with E-state index in [2.05, 4.69) is 15.9 Å². The van der Waals surface area contributed by atoms with Gasteiger partial charge in [-0.15, -0.1) is 0 Å². The molecule has 6 nitrogen and oxygen atoms in total. The van der Waals surface area contributed by atoms with Gasteiger partial charge in [-0.25, -0.2) is 4.79 Å². The minimum Gasteiger partial charge on any atom is -0.462 e. The van der Waals surface area contributed by atoms with E-state index in [9.17, 15) is 14.9 Å². The average molecular weight is 330 g/mol. The van der Waals surface area contributed by atoms with Crippen molar-refractivity contribution in [3.63, 3.8) is 0 Å². The Morgan fingerprint density at radius 1 is 1.58 bits per heavy atom. The van der Waals surface area contributed by atoms with Crippen LogP contribution in [0.25, 0.3) is 0 Å². The number of nitrogens with zero attached hydrogens (tertiary/aromatic N) is 1. The molecule has 0 radical (unpaired) electrons. The molecule has 1 aliphatic rings. The van der Waals surface area contributed by atoms with E-state index in [0.717, 1.165) is 6.42 Å². The van der Waals surface area contributed by atoms with Crippen LogP contribution >= 0.6 is 15.9 Å². The molecule has 0 spiro atoms. The van der Waals surface area contributed by atoms with Crippen molar-refractivity contribution in [2.75, 3.05) is 19.8 Å². The van der Waals surface area contributed by atoms with Crippen LogP contribution in [-0.4, -0.2) is 30.7 Å². The summed E-state index contributed by atoms with van der Waals surface area (Å²) in [6.45, 7) is 1.54. The van der Waals surface area contributed by atoms with Gasteiger partial charge in [0.15, 0.2) is 0 Å². The van der Waals surface area contributed by atoms with Crippen LogP contribution in [0.5, 0.6) is 0 Å². The third kappa shape index (κ3) is 3.30.